The summed E-state index contributed by atoms with van der Waals surface area (Å²) < 4.78 is 11.4. The van der Waals surface area contributed by atoms with Crippen LogP contribution in [-0.2, 0) is 9.47 Å². The minimum atomic E-state index is -0.480. The number of nitrogens with zero attached hydrogens (tertiary/aromatic N) is 1. The summed E-state index contributed by atoms with van der Waals surface area (Å²) in [5.41, 5.74) is 2.01. The van der Waals surface area contributed by atoms with E-state index >= 15 is 0 Å². The largest absolute Gasteiger partial charge is 0.444 e. The van der Waals surface area contributed by atoms with E-state index in [4.69, 9.17) is 14.5 Å². The van der Waals surface area contributed by atoms with E-state index in [1.807, 2.05) is 20.8 Å². The smallest absolute Gasteiger partial charge is 0.407 e. The molecule has 1 aromatic carbocycles. The van der Waals surface area contributed by atoms with Gasteiger partial charge in [0.25, 0.3) is 0 Å². The molecule has 1 amide bonds. The third-order valence-electron chi connectivity index (χ3n) is 4.99. The van der Waals surface area contributed by atoms with Gasteiger partial charge in [-0.1, -0.05) is 29.8 Å². The molecule has 1 fully saturated rings. The Hall–Kier alpha value is -1.55. The first-order valence-electron chi connectivity index (χ1n) is 11.5. The Morgan fingerprint density at radius 3 is 2.50 bits per heavy atom. The van der Waals surface area contributed by atoms with Gasteiger partial charge in [-0.05, 0) is 59.4 Å². The quantitative estimate of drug-likeness (QED) is 0.188. The van der Waals surface area contributed by atoms with Crippen LogP contribution in [0.4, 0.5) is 4.79 Å². The fourth-order valence-corrected chi connectivity index (χ4v) is 3.50. The third-order valence-corrected chi connectivity index (χ3v) is 4.99. The van der Waals surface area contributed by atoms with E-state index in [2.05, 4.69) is 54.1 Å². The second-order valence-corrected chi connectivity index (χ2v) is 9.03. The van der Waals surface area contributed by atoms with Gasteiger partial charge in [0.1, 0.15) is 5.60 Å². The molecule has 0 saturated carbocycles. The zero-order valence-corrected chi connectivity index (χ0v) is 22.5. The van der Waals surface area contributed by atoms with Gasteiger partial charge in [0.05, 0.1) is 6.10 Å². The van der Waals surface area contributed by atoms with Crippen molar-refractivity contribution < 1.29 is 14.3 Å². The Labute approximate surface area is 210 Å². The average molecular weight is 561 g/mol. The molecule has 1 aliphatic rings. The van der Waals surface area contributed by atoms with E-state index in [0.29, 0.717) is 25.6 Å². The lowest BCUT2D eigenvalue weighted by Crippen LogP contribution is -2.40. The predicted molar refractivity (Wildman–Crippen MR) is 141 cm³/mol. The second kappa shape index (κ2) is 14.6. The molecule has 0 spiro atoms. The summed E-state index contributed by atoms with van der Waals surface area (Å²) in [6.07, 6.45) is 2.68. The number of hydrogen-bond acceptors (Lipinski definition) is 4. The van der Waals surface area contributed by atoms with Crippen molar-refractivity contribution in [3.8, 4) is 0 Å². The number of benzene rings is 1. The number of aliphatic imine (C=N–C) groups is 1. The van der Waals surface area contributed by atoms with Gasteiger partial charge in [-0.2, -0.15) is 0 Å². The van der Waals surface area contributed by atoms with E-state index in [1.165, 1.54) is 11.1 Å². The summed E-state index contributed by atoms with van der Waals surface area (Å²) in [6, 6.07) is 8.63. The highest BCUT2D eigenvalue weighted by atomic mass is 127. The number of ether oxygens (including phenoxy) is 2. The van der Waals surface area contributed by atoms with E-state index < -0.39 is 5.60 Å². The lowest BCUT2D eigenvalue weighted by molar-refractivity contribution is -0.0250. The van der Waals surface area contributed by atoms with Crippen LogP contribution in [-0.4, -0.2) is 50.4 Å². The van der Waals surface area contributed by atoms with Crippen molar-refractivity contribution in [2.24, 2.45) is 10.9 Å². The number of nitrogens with one attached hydrogen (secondary N) is 3. The van der Waals surface area contributed by atoms with Crippen LogP contribution in [0, 0.1) is 12.8 Å². The Balaban J connectivity index is 0.00000512. The third kappa shape index (κ3) is 10.8. The molecule has 0 bridgehead atoms. The zero-order valence-electron chi connectivity index (χ0n) is 20.2. The minimum absolute atomic E-state index is 0. The van der Waals surface area contributed by atoms with E-state index in [1.54, 1.807) is 0 Å². The highest BCUT2D eigenvalue weighted by molar-refractivity contribution is 14.0. The molecule has 1 saturated heterocycles. The number of halogens is 1. The highest BCUT2D eigenvalue weighted by Crippen LogP contribution is 2.33. The molecule has 2 rings (SSSR count). The predicted octanol–water partition coefficient (Wildman–Crippen LogP) is 4.55. The number of guanidine groups is 1. The Morgan fingerprint density at radius 2 is 1.84 bits per heavy atom. The monoisotopic (exact) mass is 560 g/mol. The molecule has 1 heterocycles. The van der Waals surface area contributed by atoms with Gasteiger partial charge in [-0.25, -0.2) is 4.79 Å². The van der Waals surface area contributed by atoms with Crippen molar-refractivity contribution in [3.63, 3.8) is 0 Å². The molecular formula is C24H41IN4O3. The van der Waals surface area contributed by atoms with Crippen LogP contribution in [0.5, 0.6) is 0 Å². The minimum Gasteiger partial charge on any atom is -0.444 e. The molecule has 2 unspecified atom stereocenters. The Morgan fingerprint density at radius 1 is 1.16 bits per heavy atom. The maximum atomic E-state index is 11.7. The van der Waals surface area contributed by atoms with Crippen molar-refractivity contribution in [2.45, 2.75) is 65.6 Å². The number of carbonyl (C=O) groups excluding carboxylic acids is 1. The van der Waals surface area contributed by atoms with Crippen LogP contribution < -0.4 is 16.0 Å². The summed E-state index contributed by atoms with van der Waals surface area (Å²) >= 11 is 0. The molecular weight excluding hydrogens is 519 g/mol. The van der Waals surface area contributed by atoms with Crippen molar-refractivity contribution in [2.75, 3.05) is 32.8 Å². The molecule has 32 heavy (non-hydrogen) atoms. The maximum absolute atomic E-state index is 11.7. The summed E-state index contributed by atoms with van der Waals surface area (Å²) in [5, 5.41) is 9.43. The van der Waals surface area contributed by atoms with Crippen molar-refractivity contribution in [3.05, 3.63) is 35.4 Å². The van der Waals surface area contributed by atoms with Crippen LogP contribution in [0.25, 0.3) is 0 Å². The lowest BCUT2D eigenvalue weighted by Gasteiger charge is -2.31. The average Bonchev–Trinajstić information content (AvgIpc) is 2.71. The van der Waals surface area contributed by atoms with Crippen molar-refractivity contribution >= 4 is 36.0 Å². The zero-order chi connectivity index (χ0) is 22.7. The Bertz CT molecular complexity index is 704. The normalized spacial score (nSPS) is 19.0. The molecule has 182 valence electrons. The first-order chi connectivity index (χ1) is 14.8. The fourth-order valence-electron chi connectivity index (χ4n) is 3.50. The summed E-state index contributed by atoms with van der Waals surface area (Å²) in [7, 11) is 0. The van der Waals surface area contributed by atoms with E-state index in [0.717, 1.165) is 38.4 Å². The molecule has 1 aliphatic heterocycles. The van der Waals surface area contributed by atoms with Gasteiger partial charge in [0, 0.05) is 38.7 Å². The number of alkyl carbamates (subject to hydrolysis) is 1. The fraction of sp³-hybridized carbons (Fsp3) is 0.667. The molecule has 1 aromatic rings. The van der Waals surface area contributed by atoms with Crippen molar-refractivity contribution in [1.82, 2.24) is 16.0 Å². The van der Waals surface area contributed by atoms with Crippen LogP contribution >= 0.6 is 24.0 Å². The second-order valence-electron chi connectivity index (χ2n) is 9.03. The number of carbonyl (C=O) groups is 1. The van der Waals surface area contributed by atoms with Gasteiger partial charge >= 0.3 is 6.09 Å². The van der Waals surface area contributed by atoms with Gasteiger partial charge in [-0.15, -0.1) is 24.0 Å². The molecule has 0 aliphatic carbocycles. The molecule has 0 aromatic heterocycles. The molecule has 7 nitrogen and oxygen atoms in total. The van der Waals surface area contributed by atoms with Crippen molar-refractivity contribution in [1.29, 1.82) is 0 Å². The van der Waals surface area contributed by atoms with Crippen LogP contribution in [0.1, 0.15) is 64.2 Å². The standard InChI is InChI=1S/C24H40N4O3.HI/c1-6-25-22(26-14-8-15-27-23(29)31-24(3,4)5)28-17-20-9-7-16-30-21(20)19-12-10-18(2)11-13-19;/h10-13,20-21H,6-9,14-17H2,1-5H3,(H,27,29)(H2,25,26,28);1H. The molecule has 3 N–H and O–H groups in total. The molecule has 8 heteroatoms. The summed E-state index contributed by atoms with van der Waals surface area (Å²) in [5.74, 6) is 1.16. The van der Waals surface area contributed by atoms with Gasteiger partial charge in [0.2, 0.25) is 0 Å². The summed E-state index contributed by atoms with van der Waals surface area (Å²) in [6.45, 7) is 13.3. The number of hydrogen-bond donors (Lipinski definition) is 3. The number of amides is 1. The van der Waals surface area contributed by atoms with Crippen LogP contribution in [0.3, 0.4) is 0 Å². The SMILES string of the molecule is CCNC(=NCC1CCCOC1c1ccc(C)cc1)NCCCNC(=O)OC(C)(C)C.I. The Kier molecular flexibility index (Phi) is 13.0. The van der Waals surface area contributed by atoms with E-state index in [9.17, 15) is 4.79 Å². The number of aryl methyl sites for hydroxylation is 1. The van der Waals surface area contributed by atoms with Gasteiger partial charge in [0.15, 0.2) is 5.96 Å². The summed E-state index contributed by atoms with van der Waals surface area (Å²) in [4.78, 5) is 16.5. The topological polar surface area (TPSA) is 84.0 Å². The van der Waals surface area contributed by atoms with E-state index in [-0.39, 0.29) is 36.2 Å². The van der Waals surface area contributed by atoms with Gasteiger partial charge < -0.3 is 25.4 Å². The first kappa shape index (κ1) is 28.5. The number of rotatable bonds is 8. The molecule has 0 radical (unpaired) electrons. The van der Waals surface area contributed by atoms with Gasteiger partial charge in [-0.3, -0.25) is 4.99 Å². The van der Waals surface area contributed by atoms with Crippen LogP contribution in [0.2, 0.25) is 0 Å². The molecule has 2 atom stereocenters. The maximum Gasteiger partial charge on any atom is 0.407 e. The lowest BCUT2D eigenvalue weighted by atomic mass is 9.89. The first-order valence-corrected chi connectivity index (χ1v) is 11.5. The van der Waals surface area contributed by atoms with Crippen LogP contribution in [0.15, 0.2) is 29.3 Å². The highest BCUT2D eigenvalue weighted by Gasteiger charge is 2.27.